The predicted molar refractivity (Wildman–Crippen MR) is 100 cm³/mol. The Bertz CT molecular complexity index is 952. The molecule has 0 saturated carbocycles. The first-order chi connectivity index (χ1) is 12.3. The summed E-state index contributed by atoms with van der Waals surface area (Å²) in [6, 6.07) is 1.89. The molecule has 0 radical (unpaired) electrons. The van der Waals surface area contributed by atoms with Crippen LogP contribution in [0.5, 0.6) is 0 Å². The van der Waals surface area contributed by atoms with Crippen molar-refractivity contribution in [1.82, 2.24) is 20.1 Å². The lowest BCUT2D eigenvalue weighted by molar-refractivity contribution is -0.120. The van der Waals surface area contributed by atoms with Gasteiger partial charge in [-0.3, -0.25) is 9.59 Å². The topological polar surface area (TPSA) is 89.2 Å². The Kier molecular flexibility index (Phi) is 4.71. The number of aliphatic imine (C=N–C) groups is 1. The number of allylic oxidation sites excluding steroid dienone is 1. The van der Waals surface area contributed by atoms with Crippen molar-refractivity contribution in [3.63, 3.8) is 0 Å². The Morgan fingerprint density at radius 3 is 2.69 bits per heavy atom. The fourth-order valence-electron chi connectivity index (χ4n) is 3.16. The van der Waals surface area contributed by atoms with Crippen molar-refractivity contribution < 1.29 is 9.59 Å². The fraction of sp³-hybridized carbons (Fsp3) is 0.421. The third-order valence-corrected chi connectivity index (χ3v) is 4.47. The summed E-state index contributed by atoms with van der Waals surface area (Å²) in [7, 11) is 0. The molecule has 0 aliphatic carbocycles. The molecule has 0 bridgehead atoms. The Balaban J connectivity index is 1.85. The molecule has 0 aromatic carbocycles. The lowest BCUT2D eigenvalue weighted by Gasteiger charge is -2.19. The average molecular weight is 353 g/mol. The monoisotopic (exact) mass is 353 g/mol. The number of pyridine rings is 1. The van der Waals surface area contributed by atoms with E-state index in [1.54, 1.807) is 23.9 Å². The van der Waals surface area contributed by atoms with E-state index in [0.717, 1.165) is 11.3 Å². The number of nitrogens with one attached hydrogen (secondary N) is 1. The maximum atomic E-state index is 12.8. The van der Waals surface area contributed by atoms with Gasteiger partial charge in [0, 0.05) is 24.0 Å². The van der Waals surface area contributed by atoms with E-state index in [1.165, 1.54) is 0 Å². The van der Waals surface area contributed by atoms with Gasteiger partial charge in [0.1, 0.15) is 0 Å². The average Bonchev–Trinajstić information content (AvgIpc) is 2.96. The zero-order valence-electron chi connectivity index (χ0n) is 15.7. The summed E-state index contributed by atoms with van der Waals surface area (Å²) in [4.78, 5) is 33.4. The van der Waals surface area contributed by atoms with Gasteiger partial charge in [0.2, 0.25) is 0 Å². The van der Waals surface area contributed by atoms with Crippen LogP contribution in [0.2, 0.25) is 0 Å². The van der Waals surface area contributed by atoms with Gasteiger partial charge >= 0.3 is 0 Å². The number of rotatable bonds is 4. The van der Waals surface area contributed by atoms with Crippen LogP contribution in [0.15, 0.2) is 28.9 Å². The zero-order chi connectivity index (χ0) is 19.0. The van der Waals surface area contributed by atoms with E-state index in [0.29, 0.717) is 22.3 Å². The number of nitrogens with zero attached hydrogens (tertiary/aromatic N) is 4. The smallest absolute Gasteiger partial charge is 0.254 e. The van der Waals surface area contributed by atoms with E-state index >= 15 is 0 Å². The molecule has 1 atom stereocenters. The number of fused-ring (bicyclic) bond motifs is 1. The van der Waals surface area contributed by atoms with Gasteiger partial charge < -0.3 is 5.32 Å². The van der Waals surface area contributed by atoms with Crippen molar-refractivity contribution in [2.75, 3.05) is 6.54 Å². The van der Waals surface area contributed by atoms with Crippen LogP contribution in [-0.2, 0) is 4.79 Å². The van der Waals surface area contributed by atoms with Crippen LogP contribution >= 0.6 is 0 Å². The van der Waals surface area contributed by atoms with Crippen LogP contribution in [0.3, 0.4) is 0 Å². The minimum atomic E-state index is -0.417. The molecule has 0 spiro atoms. The van der Waals surface area contributed by atoms with E-state index < -0.39 is 5.92 Å². The lowest BCUT2D eigenvalue weighted by atomic mass is 9.95. The molecule has 2 aromatic heterocycles. The number of aromatic nitrogens is 3. The minimum Gasteiger partial charge on any atom is -0.351 e. The number of hydrogen-bond acceptors (Lipinski definition) is 4. The third kappa shape index (κ3) is 3.29. The van der Waals surface area contributed by atoms with E-state index in [2.05, 4.69) is 20.4 Å². The maximum Gasteiger partial charge on any atom is 0.254 e. The summed E-state index contributed by atoms with van der Waals surface area (Å²) in [5.74, 6) is -0.873. The molecule has 1 aliphatic heterocycles. The summed E-state index contributed by atoms with van der Waals surface area (Å²) in [6.07, 6.45) is 3.54. The molecule has 1 N–H and O–H groups in total. The van der Waals surface area contributed by atoms with Gasteiger partial charge in [0.05, 0.1) is 23.1 Å². The van der Waals surface area contributed by atoms with Gasteiger partial charge in [-0.25, -0.2) is 14.7 Å². The van der Waals surface area contributed by atoms with E-state index in [1.807, 2.05) is 33.8 Å². The van der Waals surface area contributed by atoms with Crippen molar-refractivity contribution in [3.8, 4) is 0 Å². The standard InChI is InChI=1S/C19H23N5O2/c1-10(2)24-17-16(9-21-24)14(7-13(5)22-17)18(25)20-8-15-11(3)6-12(4)23-19(15)26/h6-7,9-10,15H,8H2,1-5H3,(H,20,25). The van der Waals surface area contributed by atoms with Gasteiger partial charge in [-0.2, -0.15) is 5.10 Å². The van der Waals surface area contributed by atoms with E-state index in [9.17, 15) is 9.59 Å². The van der Waals surface area contributed by atoms with Crippen molar-refractivity contribution in [2.24, 2.45) is 10.9 Å². The Morgan fingerprint density at radius 2 is 2.04 bits per heavy atom. The molecular formula is C19H23N5O2. The van der Waals surface area contributed by atoms with Gasteiger partial charge in [-0.05, 0) is 46.8 Å². The molecule has 2 aromatic rings. The highest BCUT2D eigenvalue weighted by Crippen LogP contribution is 2.22. The largest absolute Gasteiger partial charge is 0.351 e. The molecule has 0 saturated heterocycles. The van der Waals surface area contributed by atoms with Crippen LogP contribution in [0.1, 0.15) is 49.8 Å². The number of amides is 2. The predicted octanol–water partition coefficient (Wildman–Crippen LogP) is 2.61. The molecule has 0 fully saturated rings. The van der Waals surface area contributed by atoms with Crippen molar-refractivity contribution in [1.29, 1.82) is 0 Å². The van der Waals surface area contributed by atoms with Gasteiger partial charge in [-0.1, -0.05) is 5.57 Å². The second-order valence-electron chi connectivity index (χ2n) is 6.97. The van der Waals surface area contributed by atoms with Crippen molar-refractivity contribution in [2.45, 2.75) is 40.7 Å². The summed E-state index contributed by atoms with van der Waals surface area (Å²) in [5, 5.41) is 7.93. The Hall–Kier alpha value is -2.83. The molecule has 7 heteroatoms. The summed E-state index contributed by atoms with van der Waals surface area (Å²) < 4.78 is 1.80. The highest BCUT2D eigenvalue weighted by Gasteiger charge is 2.25. The Morgan fingerprint density at radius 1 is 1.31 bits per heavy atom. The molecule has 3 rings (SSSR count). The first-order valence-electron chi connectivity index (χ1n) is 8.68. The fourth-order valence-corrected chi connectivity index (χ4v) is 3.16. The second-order valence-corrected chi connectivity index (χ2v) is 6.97. The molecule has 1 unspecified atom stereocenters. The molecular weight excluding hydrogens is 330 g/mol. The minimum absolute atomic E-state index is 0.145. The molecule has 136 valence electrons. The number of carbonyl (C=O) groups excluding carboxylic acids is 2. The SMILES string of the molecule is CC1=CC(C)=NC(=O)C1CNC(=O)c1cc(C)nc2c1cnn2C(C)C. The first-order valence-corrected chi connectivity index (χ1v) is 8.68. The molecule has 1 aliphatic rings. The molecule has 2 amide bonds. The second kappa shape index (κ2) is 6.82. The number of aryl methyl sites for hydroxylation is 1. The molecule has 26 heavy (non-hydrogen) atoms. The first kappa shape index (κ1) is 18.0. The van der Waals surface area contributed by atoms with Crippen LogP contribution < -0.4 is 5.32 Å². The van der Waals surface area contributed by atoms with E-state index in [4.69, 9.17) is 0 Å². The van der Waals surface area contributed by atoms with Crippen LogP contribution in [-0.4, -0.2) is 38.8 Å². The highest BCUT2D eigenvalue weighted by atomic mass is 16.2. The number of carbonyl (C=O) groups is 2. The number of dihydropyridines is 1. The van der Waals surface area contributed by atoms with Gasteiger partial charge in [-0.15, -0.1) is 0 Å². The van der Waals surface area contributed by atoms with Crippen molar-refractivity contribution in [3.05, 3.63) is 35.2 Å². The normalized spacial score (nSPS) is 17.5. The van der Waals surface area contributed by atoms with Gasteiger partial charge in [0.15, 0.2) is 5.65 Å². The summed E-state index contributed by atoms with van der Waals surface area (Å²) in [6.45, 7) is 9.78. The third-order valence-electron chi connectivity index (χ3n) is 4.47. The summed E-state index contributed by atoms with van der Waals surface area (Å²) in [5.41, 5.74) is 3.56. The maximum absolute atomic E-state index is 12.8. The number of hydrogen-bond donors (Lipinski definition) is 1. The summed E-state index contributed by atoms with van der Waals surface area (Å²) >= 11 is 0. The lowest BCUT2D eigenvalue weighted by Crippen LogP contribution is -2.34. The molecule has 7 nitrogen and oxygen atoms in total. The Labute approximate surface area is 152 Å². The zero-order valence-corrected chi connectivity index (χ0v) is 15.7. The molecule has 3 heterocycles. The van der Waals surface area contributed by atoms with Crippen LogP contribution in [0.25, 0.3) is 11.0 Å². The van der Waals surface area contributed by atoms with Crippen molar-refractivity contribution >= 4 is 28.6 Å². The van der Waals surface area contributed by atoms with Gasteiger partial charge in [0.25, 0.3) is 11.8 Å². The highest BCUT2D eigenvalue weighted by molar-refractivity contribution is 6.07. The van der Waals surface area contributed by atoms with Crippen LogP contribution in [0.4, 0.5) is 0 Å². The quantitative estimate of drug-likeness (QED) is 0.915. The van der Waals surface area contributed by atoms with E-state index in [-0.39, 0.29) is 24.4 Å². The van der Waals surface area contributed by atoms with Crippen LogP contribution in [0, 0.1) is 12.8 Å².